The van der Waals surface area contributed by atoms with E-state index >= 15 is 0 Å². The summed E-state index contributed by atoms with van der Waals surface area (Å²) in [5.74, 6) is 0.746. The van der Waals surface area contributed by atoms with E-state index in [9.17, 15) is 18.0 Å². The van der Waals surface area contributed by atoms with Crippen molar-refractivity contribution in [2.24, 2.45) is 0 Å². The highest BCUT2D eigenvalue weighted by molar-refractivity contribution is 5.94. The van der Waals surface area contributed by atoms with Gasteiger partial charge in [-0.25, -0.2) is 4.98 Å². The Labute approximate surface area is 167 Å². The molecule has 29 heavy (non-hydrogen) atoms. The van der Waals surface area contributed by atoms with Gasteiger partial charge in [-0.3, -0.25) is 4.79 Å². The number of halogens is 3. The van der Waals surface area contributed by atoms with E-state index in [0.717, 1.165) is 55.9 Å². The fraction of sp³-hybridized carbons (Fsp3) is 0.429. The average Bonchev–Trinajstić information content (AvgIpc) is 3.39. The smallest absolute Gasteiger partial charge is 0.355 e. The first-order valence-corrected chi connectivity index (χ1v) is 9.80. The van der Waals surface area contributed by atoms with E-state index in [-0.39, 0.29) is 11.9 Å². The highest BCUT2D eigenvalue weighted by Gasteiger charge is 2.30. The number of nitrogens with one attached hydrogen (secondary N) is 2. The van der Waals surface area contributed by atoms with Crippen LogP contribution in [0, 0.1) is 0 Å². The van der Waals surface area contributed by atoms with Crippen LogP contribution in [0.2, 0.25) is 0 Å². The van der Waals surface area contributed by atoms with Crippen LogP contribution in [-0.4, -0.2) is 36.1 Å². The number of amides is 1. The summed E-state index contributed by atoms with van der Waals surface area (Å²) in [5, 5.41) is 6.34. The second-order valence-corrected chi connectivity index (χ2v) is 7.66. The number of carbonyl (C=O) groups excluding carboxylic acids is 1. The summed E-state index contributed by atoms with van der Waals surface area (Å²) >= 11 is 0. The Bertz CT molecular complexity index is 848. The maximum atomic E-state index is 12.6. The number of benzene rings is 1. The van der Waals surface area contributed by atoms with Crippen LogP contribution < -0.4 is 15.5 Å². The van der Waals surface area contributed by atoms with Gasteiger partial charge in [0.2, 0.25) is 0 Å². The predicted octanol–water partition coefficient (Wildman–Crippen LogP) is 3.36. The van der Waals surface area contributed by atoms with E-state index in [1.54, 1.807) is 12.3 Å². The van der Waals surface area contributed by atoms with E-state index in [1.807, 2.05) is 6.07 Å². The van der Waals surface area contributed by atoms with Crippen molar-refractivity contribution >= 4 is 11.7 Å². The molecular formula is C21H23F3N4O. The molecule has 0 radical (unpaired) electrons. The number of hydrogen-bond donors (Lipinski definition) is 2. The molecule has 1 aliphatic heterocycles. The van der Waals surface area contributed by atoms with Gasteiger partial charge in [0.05, 0.1) is 11.1 Å². The molecule has 2 N–H and O–H groups in total. The lowest BCUT2D eigenvalue weighted by Gasteiger charge is -2.18. The van der Waals surface area contributed by atoms with E-state index in [0.29, 0.717) is 18.2 Å². The monoisotopic (exact) mass is 404 g/mol. The van der Waals surface area contributed by atoms with Gasteiger partial charge in [0, 0.05) is 37.9 Å². The molecule has 1 atom stereocenters. The number of rotatable bonds is 6. The van der Waals surface area contributed by atoms with Gasteiger partial charge in [0.1, 0.15) is 5.82 Å². The van der Waals surface area contributed by atoms with Crippen LogP contribution in [0.3, 0.4) is 0 Å². The van der Waals surface area contributed by atoms with Gasteiger partial charge in [-0.15, -0.1) is 0 Å². The standard InChI is InChI=1S/C21H23F3N4O/c22-21(23,24)16-4-1-14(2-5-16)11-25-18-9-10-28(13-18)19-8-3-15(12-26-19)20(29)27-17-6-7-17/h1-5,8,12,17-18,25H,6-7,9-11,13H2,(H,27,29)/t18-/m1/s1. The minimum Gasteiger partial charge on any atom is -0.355 e. The van der Waals surface area contributed by atoms with E-state index < -0.39 is 11.7 Å². The summed E-state index contributed by atoms with van der Waals surface area (Å²) < 4.78 is 37.9. The first-order chi connectivity index (χ1) is 13.9. The summed E-state index contributed by atoms with van der Waals surface area (Å²) in [6, 6.07) is 9.45. The molecular weight excluding hydrogens is 381 g/mol. The lowest BCUT2D eigenvalue weighted by molar-refractivity contribution is -0.137. The third-order valence-electron chi connectivity index (χ3n) is 5.31. The van der Waals surface area contributed by atoms with Crippen LogP contribution in [0.1, 0.15) is 40.7 Å². The predicted molar refractivity (Wildman–Crippen MR) is 104 cm³/mol. The molecule has 0 unspecified atom stereocenters. The summed E-state index contributed by atoms with van der Waals surface area (Å²) in [4.78, 5) is 18.6. The van der Waals surface area contributed by atoms with Gasteiger partial charge in [-0.2, -0.15) is 13.2 Å². The number of aromatic nitrogens is 1. The van der Waals surface area contributed by atoms with Crippen molar-refractivity contribution in [3.8, 4) is 0 Å². The third-order valence-corrected chi connectivity index (χ3v) is 5.31. The molecule has 1 saturated heterocycles. The molecule has 1 aliphatic carbocycles. The maximum absolute atomic E-state index is 12.6. The molecule has 2 aliphatic rings. The van der Waals surface area contributed by atoms with Gasteiger partial charge in [-0.05, 0) is 49.1 Å². The Balaban J connectivity index is 1.27. The Morgan fingerprint density at radius 2 is 1.83 bits per heavy atom. The quantitative estimate of drug-likeness (QED) is 0.775. The van der Waals surface area contributed by atoms with Gasteiger partial charge < -0.3 is 15.5 Å². The van der Waals surface area contributed by atoms with Crippen molar-refractivity contribution in [1.82, 2.24) is 15.6 Å². The minimum absolute atomic E-state index is 0.0796. The Morgan fingerprint density at radius 3 is 2.45 bits per heavy atom. The molecule has 2 fully saturated rings. The highest BCUT2D eigenvalue weighted by atomic mass is 19.4. The Kier molecular flexibility index (Phi) is 5.45. The lowest BCUT2D eigenvalue weighted by Crippen LogP contribution is -2.32. The Hall–Kier alpha value is -2.61. The summed E-state index contributed by atoms with van der Waals surface area (Å²) in [6.45, 7) is 2.12. The van der Waals surface area contributed by atoms with Crippen molar-refractivity contribution in [3.63, 3.8) is 0 Å². The number of carbonyl (C=O) groups is 1. The molecule has 0 spiro atoms. The molecule has 8 heteroatoms. The summed E-state index contributed by atoms with van der Waals surface area (Å²) in [7, 11) is 0. The molecule has 2 heterocycles. The van der Waals surface area contributed by atoms with E-state index in [1.165, 1.54) is 12.1 Å². The zero-order valence-corrected chi connectivity index (χ0v) is 15.9. The minimum atomic E-state index is -4.31. The third kappa shape index (κ3) is 5.06. The molecule has 5 nitrogen and oxygen atoms in total. The molecule has 0 bridgehead atoms. The second kappa shape index (κ2) is 8.02. The normalized spacial score (nSPS) is 19.4. The molecule has 1 aromatic heterocycles. The zero-order chi connectivity index (χ0) is 20.4. The second-order valence-electron chi connectivity index (χ2n) is 7.66. The molecule has 4 rings (SSSR count). The molecule has 1 saturated carbocycles. The van der Waals surface area contributed by atoms with Gasteiger partial charge in [0.25, 0.3) is 5.91 Å². The summed E-state index contributed by atoms with van der Waals surface area (Å²) in [5.41, 5.74) is 0.756. The topological polar surface area (TPSA) is 57.3 Å². The first kappa shape index (κ1) is 19.7. The van der Waals surface area contributed by atoms with Crippen LogP contribution in [0.5, 0.6) is 0 Å². The van der Waals surface area contributed by atoms with Crippen molar-refractivity contribution < 1.29 is 18.0 Å². The number of nitrogens with zero attached hydrogens (tertiary/aromatic N) is 2. The zero-order valence-electron chi connectivity index (χ0n) is 15.9. The van der Waals surface area contributed by atoms with Gasteiger partial charge >= 0.3 is 6.18 Å². The number of hydrogen-bond acceptors (Lipinski definition) is 4. The number of anilines is 1. The number of alkyl halides is 3. The molecule has 1 amide bonds. The van der Waals surface area contributed by atoms with Crippen molar-refractivity contribution in [2.45, 2.75) is 44.1 Å². The SMILES string of the molecule is O=C(NC1CC1)c1ccc(N2CC[C@@H](NCc3ccc(C(F)(F)F)cc3)C2)nc1. The van der Waals surface area contributed by atoms with Gasteiger partial charge in [-0.1, -0.05) is 12.1 Å². The van der Waals surface area contributed by atoms with Crippen LogP contribution in [-0.2, 0) is 12.7 Å². The van der Waals surface area contributed by atoms with E-state index in [2.05, 4.69) is 20.5 Å². The first-order valence-electron chi connectivity index (χ1n) is 9.80. The van der Waals surface area contributed by atoms with Crippen molar-refractivity contribution in [3.05, 3.63) is 59.3 Å². The van der Waals surface area contributed by atoms with Crippen molar-refractivity contribution in [2.75, 3.05) is 18.0 Å². The van der Waals surface area contributed by atoms with Crippen LogP contribution in [0.15, 0.2) is 42.6 Å². The van der Waals surface area contributed by atoms with Crippen LogP contribution in [0.25, 0.3) is 0 Å². The van der Waals surface area contributed by atoms with Gasteiger partial charge in [0.15, 0.2) is 0 Å². The number of pyridine rings is 1. The lowest BCUT2D eigenvalue weighted by atomic mass is 10.1. The maximum Gasteiger partial charge on any atom is 0.416 e. The summed E-state index contributed by atoms with van der Waals surface area (Å²) in [6.07, 6.45) is 0.319. The highest BCUT2D eigenvalue weighted by Crippen LogP contribution is 2.29. The fourth-order valence-electron chi connectivity index (χ4n) is 3.41. The fourth-order valence-corrected chi connectivity index (χ4v) is 3.41. The van der Waals surface area contributed by atoms with Crippen LogP contribution >= 0.6 is 0 Å². The van der Waals surface area contributed by atoms with Crippen molar-refractivity contribution in [1.29, 1.82) is 0 Å². The van der Waals surface area contributed by atoms with Crippen LogP contribution in [0.4, 0.5) is 19.0 Å². The largest absolute Gasteiger partial charge is 0.416 e. The molecule has 2 aromatic rings. The molecule has 154 valence electrons. The Morgan fingerprint density at radius 1 is 1.07 bits per heavy atom. The molecule has 1 aromatic carbocycles. The average molecular weight is 404 g/mol. The van der Waals surface area contributed by atoms with E-state index in [4.69, 9.17) is 0 Å².